The third kappa shape index (κ3) is 4.96. The van der Waals surface area contributed by atoms with Crippen molar-refractivity contribution in [3.63, 3.8) is 0 Å². The number of amides is 1. The summed E-state index contributed by atoms with van der Waals surface area (Å²) in [7, 11) is 0. The molecule has 1 atom stereocenters. The predicted molar refractivity (Wildman–Crippen MR) is 86.3 cm³/mol. The van der Waals surface area contributed by atoms with E-state index in [4.69, 9.17) is 16.3 Å². The molecule has 0 saturated carbocycles. The first kappa shape index (κ1) is 17.7. The Morgan fingerprint density at radius 3 is 2.54 bits per heavy atom. The van der Waals surface area contributed by atoms with Crippen LogP contribution in [0, 0.1) is 5.82 Å². The van der Waals surface area contributed by atoms with E-state index in [1.807, 2.05) is 6.07 Å². The Hall–Kier alpha value is -2.60. The van der Waals surface area contributed by atoms with Crippen LogP contribution in [0.5, 0.6) is 0 Å². The van der Waals surface area contributed by atoms with Crippen LogP contribution in [0.4, 0.5) is 9.18 Å². The molecule has 2 aromatic carbocycles. The average molecular weight is 352 g/mol. The molecular weight excluding hydrogens is 337 g/mol. The molecule has 126 valence electrons. The summed E-state index contributed by atoms with van der Waals surface area (Å²) in [5.41, 5.74) is 0.860. The van der Waals surface area contributed by atoms with E-state index >= 15 is 0 Å². The van der Waals surface area contributed by atoms with E-state index in [-0.39, 0.29) is 23.6 Å². The van der Waals surface area contributed by atoms with E-state index in [0.29, 0.717) is 0 Å². The van der Waals surface area contributed by atoms with Crippen molar-refractivity contribution in [1.29, 1.82) is 0 Å². The number of hydrogen-bond donors (Lipinski definition) is 2. The molecule has 0 aromatic heterocycles. The fourth-order valence-corrected chi connectivity index (χ4v) is 2.23. The van der Waals surface area contributed by atoms with Crippen LogP contribution >= 0.6 is 11.6 Å². The van der Waals surface area contributed by atoms with Crippen LogP contribution in [0.3, 0.4) is 0 Å². The average Bonchev–Trinajstić information content (AvgIpc) is 2.57. The fraction of sp³-hybridized carbons (Fsp3) is 0.176. The van der Waals surface area contributed by atoms with Gasteiger partial charge in [0.15, 0.2) is 0 Å². The van der Waals surface area contributed by atoms with E-state index in [2.05, 4.69) is 5.32 Å². The number of carboxylic acid groups (broad SMARTS) is 1. The van der Waals surface area contributed by atoms with Crippen LogP contribution in [0.15, 0.2) is 48.5 Å². The molecule has 5 nitrogen and oxygen atoms in total. The summed E-state index contributed by atoms with van der Waals surface area (Å²) in [6, 6.07) is 11.9. The van der Waals surface area contributed by atoms with Gasteiger partial charge in [-0.15, -0.1) is 0 Å². The first-order valence-corrected chi connectivity index (χ1v) is 7.48. The Morgan fingerprint density at radius 1 is 1.17 bits per heavy atom. The molecule has 1 unspecified atom stereocenters. The first-order valence-electron chi connectivity index (χ1n) is 7.10. The van der Waals surface area contributed by atoms with Gasteiger partial charge < -0.3 is 15.2 Å². The number of ether oxygens (including phenoxy) is 1. The van der Waals surface area contributed by atoms with Gasteiger partial charge in [0.2, 0.25) is 0 Å². The molecule has 0 fully saturated rings. The molecule has 24 heavy (non-hydrogen) atoms. The summed E-state index contributed by atoms with van der Waals surface area (Å²) < 4.78 is 18.8. The second-order valence-electron chi connectivity index (χ2n) is 5.01. The van der Waals surface area contributed by atoms with E-state index in [1.165, 1.54) is 18.2 Å². The number of benzene rings is 2. The Bertz CT molecular complexity index is 724. The predicted octanol–water partition coefficient (Wildman–Crippen LogP) is 3.40. The molecule has 0 heterocycles. The van der Waals surface area contributed by atoms with Crippen molar-refractivity contribution >= 4 is 23.7 Å². The highest BCUT2D eigenvalue weighted by atomic mass is 35.5. The van der Waals surface area contributed by atoms with Gasteiger partial charge in [0, 0.05) is 6.42 Å². The minimum Gasteiger partial charge on any atom is -0.480 e. The molecule has 1 amide bonds. The third-order valence-corrected chi connectivity index (χ3v) is 3.55. The van der Waals surface area contributed by atoms with Crippen molar-refractivity contribution in [2.24, 2.45) is 0 Å². The van der Waals surface area contributed by atoms with Crippen LogP contribution in [0.25, 0.3) is 0 Å². The summed E-state index contributed by atoms with van der Waals surface area (Å²) in [5, 5.41) is 11.3. The number of aliphatic carboxylic acids is 1. The number of rotatable bonds is 6. The van der Waals surface area contributed by atoms with Gasteiger partial charge >= 0.3 is 12.1 Å². The lowest BCUT2D eigenvalue weighted by atomic mass is 10.1. The van der Waals surface area contributed by atoms with Gasteiger partial charge in [-0.25, -0.2) is 14.0 Å². The lowest BCUT2D eigenvalue weighted by Crippen LogP contribution is -2.42. The Kier molecular flexibility index (Phi) is 6.14. The highest BCUT2D eigenvalue weighted by Gasteiger charge is 2.23. The molecule has 2 rings (SSSR count). The van der Waals surface area contributed by atoms with Crippen molar-refractivity contribution in [2.75, 3.05) is 0 Å². The Balaban J connectivity index is 1.96. The highest BCUT2D eigenvalue weighted by Crippen LogP contribution is 2.19. The van der Waals surface area contributed by atoms with Crippen LogP contribution in [0.1, 0.15) is 11.1 Å². The number of carbonyl (C=O) groups is 2. The highest BCUT2D eigenvalue weighted by molar-refractivity contribution is 6.30. The summed E-state index contributed by atoms with van der Waals surface area (Å²) >= 11 is 5.67. The smallest absolute Gasteiger partial charge is 0.408 e. The number of carbonyl (C=O) groups excluding carboxylic acids is 1. The fourth-order valence-electron chi connectivity index (χ4n) is 2.03. The van der Waals surface area contributed by atoms with E-state index in [1.54, 1.807) is 24.3 Å². The SMILES string of the molecule is O=C(NC(Cc1cccc(Cl)c1F)C(=O)O)OCc1ccccc1. The van der Waals surface area contributed by atoms with Crippen LogP contribution in [-0.4, -0.2) is 23.2 Å². The number of halogens is 2. The van der Waals surface area contributed by atoms with Gasteiger partial charge in [0.25, 0.3) is 0 Å². The monoisotopic (exact) mass is 351 g/mol. The van der Waals surface area contributed by atoms with Crippen LogP contribution in [-0.2, 0) is 22.6 Å². The van der Waals surface area contributed by atoms with Gasteiger partial charge in [0.1, 0.15) is 18.5 Å². The molecule has 2 N–H and O–H groups in total. The normalized spacial score (nSPS) is 11.6. The zero-order chi connectivity index (χ0) is 17.5. The van der Waals surface area contributed by atoms with E-state index < -0.39 is 23.9 Å². The summed E-state index contributed by atoms with van der Waals surface area (Å²) in [4.78, 5) is 23.0. The number of carboxylic acids is 1. The first-order chi connectivity index (χ1) is 11.5. The lowest BCUT2D eigenvalue weighted by Gasteiger charge is -2.15. The molecule has 0 bridgehead atoms. The zero-order valence-corrected chi connectivity index (χ0v) is 13.3. The maximum atomic E-state index is 13.9. The van der Waals surface area contributed by atoms with Crippen molar-refractivity contribution < 1.29 is 23.8 Å². The van der Waals surface area contributed by atoms with Crippen molar-refractivity contribution in [3.05, 3.63) is 70.5 Å². The topological polar surface area (TPSA) is 75.6 Å². The van der Waals surface area contributed by atoms with Crippen molar-refractivity contribution in [1.82, 2.24) is 5.32 Å². The van der Waals surface area contributed by atoms with Crippen molar-refractivity contribution in [2.45, 2.75) is 19.1 Å². The lowest BCUT2D eigenvalue weighted by molar-refractivity contribution is -0.139. The molecule has 0 spiro atoms. The maximum Gasteiger partial charge on any atom is 0.408 e. The van der Waals surface area contributed by atoms with Crippen LogP contribution in [0.2, 0.25) is 5.02 Å². The molecule has 0 aliphatic rings. The molecule has 0 aliphatic heterocycles. The minimum absolute atomic E-state index is 0.00450. The standard InChI is InChI=1S/C17H15ClFNO4/c18-13-8-4-7-12(15(13)19)9-14(16(21)22)20-17(23)24-10-11-5-2-1-3-6-11/h1-8,14H,9-10H2,(H,20,23)(H,21,22). The summed E-state index contributed by atoms with van der Waals surface area (Å²) in [6.45, 7) is 0.00450. The Morgan fingerprint density at radius 2 is 1.88 bits per heavy atom. The quantitative estimate of drug-likeness (QED) is 0.836. The zero-order valence-electron chi connectivity index (χ0n) is 12.5. The minimum atomic E-state index is -1.33. The van der Waals surface area contributed by atoms with Gasteiger partial charge in [-0.2, -0.15) is 0 Å². The second-order valence-corrected chi connectivity index (χ2v) is 5.42. The molecule has 0 saturated heterocycles. The van der Waals surface area contributed by atoms with Gasteiger partial charge in [0.05, 0.1) is 5.02 Å². The molecule has 2 aromatic rings. The van der Waals surface area contributed by atoms with Gasteiger partial charge in [-0.05, 0) is 17.2 Å². The molecular formula is C17H15ClFNO4. The van der Waals surface area contributed by atoms with Crippen molar-refractivity contribution in [3.8, 4) is 0 Å². The Labute approximate surface area is 143 Å². The number of nitrogens with one attached hydrogen (secondary N) is 1. The summed E-state index contributed by atoms with van der Waals surface area (Å²) in [6.07, 6.45) is -1.14. The molecule has 0 radical (unpaired) electrons. The second kappa shape index (κ2) is 8.31. The largest absolute Gasteiger partial charge is 0.480 e. The van der Waals surface area contributed by atoms with Gasteiger partial charge in [-0.1, -0.05) is 54.1 Å². The molecule has 7 heteroatoms. The molecule has 0 aliphatic carbocycles. The van der Waals surface area contributed by atoms with Crippen LogP contribution < -0.4 is 5.32 Å². The van der Waals surface area contributed by atoms with E-state index in [0.717, 1.165) is 5.56 Å². The third-order valence-electron chi connectivity index (χ3n) is 3.26. The number of alkyl carbamates (subject to hydrolysis) is 1. The maximum absolute atomic E-state index is 13.9. The van der Waals surface area contributed by atoms with Gasteiger partial charge in [-0.3, -0.25) is 0 Å². The van der Waals surface area contributed by atoms with E-state index in [9.17, 15) is 19.1 Å². The summed E-state index contributed by atoms with van der Waals surface area (Å²) in [5.74, 6) is -2.00. The number of hydrogen-bond acceptors (Lipinski definition) is 3.